The monoisotopic (exact) mass is 248 g/mol. The molecule has 4 nitrogen and oxygen atoms in total. The number of hydrogen-bond donors (Lipinski definition) is 2. The van der Waals surface area contributed by atoms with Gasteiger partial charge in [0.1, 0.15) is 6.04 Å². The summed E-state index contributed by atoms with van der Waals surface area (Å²) in [6.07, 6.45) is 1.40. The molecule has 2 rings (SSSR count). The first-order valence-electron chi connectivity index (χ1n) is 6.31. The predicted octanol–water partition coefficient (Wildman–Crippen LogP) is 0.916. The number of aliphatic hydroxyl groups is 1. The zero-order valence-electron chi connectivity index (χ0n) is 10.6. The van der Waals surface area contributed by atoms with Gasteiger partial charge in [0.05, 0.1) is 6.10 Å². The van der Waals surface area contributed by atoms with Crippen molar-refractivity contribution in [3.05, 3.63) is 35.9 Å². The minimum Gasteiger partial charge on any atom is -0.393 e. The molecule has 3 N–H and O–H groups in total. The van der Waals surface area contributed by atoms with Crippen molar-refractivity contribution in [2.75, 3.05) is 13.6 Å². The lowest BCUT2D eigenvalue weighted by molar-refractivity contribution is -0.133. The third-order valence-electron chi connectivity index (χ3n) is 3.54. The fourth-order valence-corrected chi connectivity index (χ4v) is 2.37. The summed E-state index contributed by atoms with van der Waals surface area (Å²) < 4.78 is 0. The van der Waals surface area contributed by atoms with Crippen LogP contribution in [-0.4, -0.2) is 35.6 Å². The minimum absolute atomic E-state index is 0.0670. The van der Waals surface area contributed by atoms with Crippen LogP contribution in [-0.2, 0) is 4.79 Å². The van der Waals surface area contributed by atoms with Crippen LogP contribution >= 0.6 is 0 Å². The molecule has 1 aliphatic rings. The van der Waals surface area contributed by atoms with E-state index >= 15 is 0 Å². The first-order chi connectivity index (χ1) is 8.58. The smallest absolute Gasteiger partial charge is 0.243 e. The van der Waals surface area contributed by atoms with Crippen LogP contribution in [0.15, 0.2) is 30.3 Å². The summed E-state index contributed by atoms with van der Waals surface area (Å²) in [5.74, 6) is 0.347. The lowest BCUT2D eigenvalue weighted by Gasteiger charge is -2.35. The van der Waals surface area contributed by atoms with Crippen LogP contribution in [0.1, 0.15) is 24.4 Å². The van der Waals surface area contributed by atoms with Crippen molar-refractivity contribution < 1.29 is 9.90 Å². The molecule has 4 heteroatoms. The van der Waals surface area contributed by atoms with Crippen molar-refractivity contribution in [2.24, 2.45) is 11.7 Å². The normalized spacial score (nSPS) is 24.2. The Kier molecular flexibility index (Phi) is 3.99. The number of amides is 1. The van der Waals surface area contributed by atoms with Crippen LogP contribution in [0.25, 0.3) is 0 Å². The molecular weight excluding hydrogens is 228 g/mol. The molecule has 0 aliphatic heterocycles. The number of aliphatic hydroxyl groups excluding tert-OH is 1. The molecule has 18 heavy (non-hydrogen) atoms. The van der Waals surface area contributed by atoms with Crippen molar-refractivity contribution in [2.45, 2.75) is 25.0 Å². The van der Waals surface area contributed by atoms with Crippen LogP contribution in [0.5, 0.6) is 0 Å². The van der Waals surface area contributed by atoms with E-state index in [0.29, 0.717) is 12.5 Å². The average Bonchev–Trinajstić information content (AvgIpc) is 2.36. The Morgan fingerprint density at radius 1 is 1.44 bits per heavy atom. The SMILES string of the molecule is CN(CC1CC(O)C1)C(=O)C(N)c1ccccc1. The molecule has 98 valence electrons. The number of rotatable bonds is 4. The number of likely N-dealkylation sites (N-methyl/N-ethyl adjacent to an activating group) is 1. The Balaban J connectivity index is 1.90. The fraction of sp³-hybridized carbons (Fsp3) is 0.500. The second-order valence-electron chi connectivity index (χ2n) is 5.10. The van der Waals surface area contributed by atoms with Gasteiger partial charge < -0.3 is 15.7 Å². The molecular formula is C14H20N2O2. The average molecular weight is 248 g/mol. The van der Waals surface area contributed by atoms with Crippen molar-refractivity contribution >= 4 is 5.91 Å². The molecule has 1 atom stereocenters. The van der Waals surface area contributed by atoms with Crippen LogP contribution < -0.4 is 5.73 Å². The van der Waals surface area contributed by atoms with E-state index < -0.39 is 6.04 Å². The molecule has 0 saturated heterocycles. The van der Waals surface area contributed by atoms with Crippen molar-refractivity contribution in [3.8, 4) is 0 Å². The maximum Gasteiger partial charge on any atom is 0.243 e. The van der Waals surface area contributed by atoms with Gasteiger partial charge >= 0.3 is 0 Å². The first-order valence-corrected chi connectivity index (χ1v) is 6.31. The number of nitrogens with two attached hydrogens (primary N) is 1. The van der Waals surface area contributed by atoms with E-state index in [9.17, 15) is 9.90 Å². The summed E-state index contributed by atoms with van der Waals surface area (Å²) in [7, 11) is 1.77. The Labute approximate surface area is 107 Å². The number of nitrogens with zero attached hydrogens (tertiary/aromatic N) is 1. The molecule has 1 aromatic carbocycles. The van der Waals surface area contributed by atoms with E-state index in [2.05, 4.69) is 0 Å². The second-order valence-corrected chi connectivity index (χ2v) is 5.10. The highest BCUT2D eigenvalue weighted by Crippen LogP contribution is 2.28. The summed E-state index contributed by atoms with van der Waals surface area (Å²) in [4.78, 5) is 13.8. The van der Waals surface area contributed by atoms with Crippen LogP contribution in [0, 0.1) is 5.92 Å². The minimum atomic E-state index is -0.596. The molecule has 1 aliphatic carbocycles. The lowest BCUT2D eigenvalue weighted by Crippen LogP contribution is -2.42. The van der Waals surface area contributed by atoms with Gasteiger partial charge in [-0.3, -0.25) is 4.79 Å². The summed E-state index contributed by atoms with van der Waals surface area (Å²) >= 11 is 0. The summed E-state index contributed by atoms with van der Waals surface area (Å²) in [6, 6.07) is 8.80. The molecule has 1 fully saturated rings. The lowest BCUT2D eigenvalue weighted by atomic mass is 9.82. The van der Waals surface area contributed by atoms with Gasteiger partial charge in [0.2, 0.25) is 5.91 Å². The third-order valence-corrected chi connectivity index (χ3v) is 3.54. The molecule has 0 radical (unpaired) electrons. The Bertz CT molecular complexity index is 402. The summed E-state index contributed by atoms with van der Waals surface area (Å²) in [5, 5.41) is 9.23. The second kappa shape index (κ2) is 5.50. The van der Waals surface area contributed by atoms with Gasteiger partial charge in [0.25, 0.3) is 0 Å². The maximum absolute atomic E-state index is 12.1. The van der Waals surface area contributed by atoms with Gasteiger partial charge in [0.15, 0.2) is 0 Å². The fourth-order valence-electron chi connectivity index (χ4n) is 2.37. The van der Waals surface area contributed by atoms with Crippen LogP contribution in [0.2, 0.25) is 0 Å². The van der Waals surface area contributed by atoms with Gasteiger partial charge in [0, 0.05) is 13.6 Å². The highest BCUT2D eigenvalue weighted by Gasteiger charge is 2.30. The third kappa shape index (κ3) is 2.89. The Morgan fingerprint density at radius 3 is 2.61 bits per heavy atom. The zero-order valence-corrected chi connectivity index (χ0v) is 10.6. The number of carbonyl (C=O) groups is 1. The van der Waals surface area contributed by atoms with E-state index in [1.807, 2.05) is 30.3 Å². The predicted molar refractivity (Wildman–Crippen MR) is 69.7 cm³/mol. The van der Waals surface area contributed by atoms with Crippen molar-refractivity contribution in [1.82, 2.24) is 4.90 Å². The zero-order chi connectivity index (χ0) is 13.1. The van der Waals surface area contributed by atoms with Crippen molar-refractivity contribution in [1.29, 1.82) is 0 Å². The summed E-state index contributed by atoms with van der Waals surface area (Å²) in [6.45, 7) is 0.677. The number of hydrogen-bond acceptors (Lipinski definition) is 3. The maximum atomic E-state index is 12.1. The molecule has 1 saturated carbocycles. The van der Waals surface area contributed by atoms with Gasteiger partial charge in [-0.05, 0) is 24.3 Å². The summed E-state index contributed by atoms with van der Waals surface area (Å²) in [5.41, 5.74) is 6.80. The van der Waals surface area contributed by atoms with Gasteiger partial charge in [-0.15, -0.1) is 0 Å². The number of carbonyl (C=O) groups excluding carboxylic acids is 1. The van der Waals surface area contributed by atoms with E-state index in [1.165, 1.54) is 0 Å². The highest BCUT2D eigenvalue weighted by atomic mass is 16.3. The molecule has 0 bridgehead atoms. The largest absolute Gasteiger partial charge is 0.393 e. The molecule has 1 aromatic rings. The van der Waals surface area contributed by atoms with Crippen molar-refractivity contribution in [3.63, 3.8) is 0 Å². The van der Waals surface area contributed by atoms with E-state index in [1.54, 1.807) is 11.9 Å². The molecule has 0 heterocycles. The molecule has 0 spiro atoms. The van der Waals surface area contributed by atoms with E-state index in [-0.39, 0.29) is 12.0 Å². The van der Waals surface area contributed by atoms with Crippen LogP contribution in [0.4, 0.5) is 0 Å². The van der Waals surface area contributed by atoms with Crippen LogP contribution in [0.3, 0.4) is 0 Å². The molecule has 1 unspecified atom stereocenters. The first kappa shape index (κ1) is 13.1. The Morgan fingerprint density at radius 2 is 2.06 bits per heavy atom. The van der Waals surface area contributed by atoms with Gasteiger partial charge in [-0.2, -0.15) is 0 Å². The van der Waals surface area contributed by atoms with Gasteiger partial charge in [-0.1, -0.05) is 30.3 Å². The van der Waals surface area contributed by atoms with Gasteiger partial charge in [-0.25, -0.2) is 0 Å². The standard InChI is InChI=1S/C14H20N2O2/c1-16(9-10-7-12(17)8-10)14(18)13(15)11-5-3-2-4-6-11/h2-6,10,12-13,17H,7-9,15H2,1H3. The molecule has 1 amide bonds. The number of benzene rings is 1. The van der Waals surface area contributed by atoms with E-state index in [4.69, 9.17) is 5.73 Å². The quantitative estimate of drug-likeness (QED) is 0.832. The Hall–Kier alpha value is -1.39. The molecule has 0 aromatic heterocycles. The highest BCUT2D eigenvalue weighted by molar-refractivity contribution is 5.82. The topological polar surface area (TPSA) is 66.6 Å². The van der Waals surface area contributed by atoms with E-state index in [0.717, 1.165) is 18.4 Å².